The van der Waals surface area contributed by atoms with E-state index >= 15 is 0 Å². The lowest BCUT2D eigenvalue weighted by Crippen LogP contribution is -2.28. The monoisotopic (exact) mass is 347 g/mol. The van der Waals surface area contributed by atoms with Crippen LogP contribution in [-0.2, 0) is 21.5 Å². The highest BCUT2D eigenvalue weighted by atomic mass is 32.1. The molecule has 7 heteroatoms. The molecule has 128 valence electrons. The minimum absolute atomic E-state index is 0.0268. The molecule has 0 aliphatic carbocycles. The average molecular weight is 347 g/mol. The molecule has 3 heterocycles. The van der Waals surface area contributed by atoms with Crippen molar-refractivity contribution in [2.24, 2.45) is 5.92 Å². The summed E-state index contributed by atoms with van der Waals surface area (Å²) in [6, 6.07) is 3.61. The van der Waals surface area contributed by atoms with Gasteiger partial charge in [0, 0.05) is 23.8 Å². The zero-order valence-electron chi connectivity index (χ0n) is 14.0. The number of nitrogens with zero attached hydrogens (tertiary/aromatic N) is 2. The highest BCUT2D eigenvalue weighted by Gasteiger charge is 2.35. The van der Waals surface area contributed by atoms with E-state index in [4.69, 9.17) is 4.42 Å². The highest BCUT2D eigenvalue weighted by molar-refractivity contribution is 7.13. The van der Waals surface area contributed by atoms with Gasteiger partial charge in [-0.05, 0) is 12.1 Å². The van der Waals surface area contributed by atoms with Crippen LogP contribution in [0, 0.1) is 5.92 Å². The van der Waals surface area contributed by atoms with Gasteiger partial charge >= 0.3 is 0 Å². The number of anilines is 1. The number of amides is 2. The Hall–Kier alpha value is -2.15. The minimum atomic E-state index is -0.352. The molecule has 0 spiro atoms. The van der Waals surface area contributed by atoms with Crippen molar-refractivity contribution >= 4 is 28.3 Å². The molecule has 2 aromatic rings. The Labute approximate surface area is 144 Å². The number of hydrogen-bond donors (Lipinski definition) is 1. The first kappa shape index (κ1) is 16.7. The van der Waals surface area contributed by atoms with Crippen molar-refractivity contribution in [2.75, 3.05) is 11.9 Å². The molecular weight excluding hydrogens is 326 g/mol. The quantitative estimate of drug-likeness (QED) is 0.922. The number of nitrogens with one attached hydrogen (secondary N) is 1. The van der Waals surface area contributed by atoms with E-state index in [0.29, 0.717) is 18.2 Å². The number of likely N-dealkylation sites (tertiary alicyclic amines) is 1. The molecule has 2 aromatic heterocycles. The van der Waals surface area contributed by atoms with E-state index in [-0.39, 0.29) is 29.6 Å². The van der Waals surface area contributed by atoms with Crippen molar-refractivity contribution < 1.29 is 14.0 Å². The molecule has 1 saturated heterocycles. The molecule has 3 rings (SSSR count). The maximum absolute atomic E-state index is 12.4. The van der Waals surface area contributed by atoms with Gasteiger partial charge in [0.05, 0.1) is 24.4 Å². The first-order valence-electron chi connectivity index (χ1n) is 7.90. The van der Waals surface area contributed by atoms with Crippen LogP contribution >= 0.6 is 11.3 Å². The molecule has 1 fully saturated rings. The summed E-state index contributed by atoms with van der Waals surface area (Å²) in [6.45, 7) is 7.05. The van der Waals surface area contributed by atoms with E-state index in [9.17, 15) is 9.59 Å². The summed E-state index contributed by atoms with van der Waals surface area (Å²) >= 11 is 1.41. The number of rotatable bonds is 4. The fraction of sp³-hybridized carbons (Fsp3) is 0.471. The molecule has 6 nitrogen and oxygen atoms in total. The molecule has 1 unspecified atom stereocenters. The topological polar surface area (TPSA) is 75.4 Å². The minimum Gasteiger partial charge on any atom is -0.467 e. The summed E-state index contributed by atoms with van der Waals surface area (Å²) in [7, 11) is 0. The van der Waals surface area contributed by atoms with Crippen LogP contribution in [0.1, 0.15) is 38.6 Å². The summed E-state index contributed by atoms with van der Waals surface area (Å²) in [5.74, 6) is 0.190. The van der Waals surface area contributed by atoms with Crippen molar-refractivity contribution in [3.63, 3.8) is 0 Å². The second-order valence-corrected chi connectivity index (χ2v) is 7.89. The Balaban J connectivity index is 1.60. The van der Waals surface area contributed by atoms with Gasteiger partial charge < -0.3 is 14.6 Å². The second-order valence-electron chi connectivity index (χ2n) is 7.03. The maximum atomic E-state index is 12.4. The van der Waals surface area contributed by atoms with E-state index in [1.807, 2.05) is 11.4 Å². The van der Waals surface area contributed by atoms with Crippen LogP contribution in [0.4, 0.5) is 5.13 Å². The molecule has 1 N–H and O–H groups in total. The Morgan fingerprint density at radius 3 is 2.92 bits per heavy atom. The Bertz CT molecular complexity index is 731. The normalized spacial score (nSPS) is 18.2. The van der Waals surface area contributed by atoms with Gasteiger partial charge in [0.2, 0.25) is 11.8 Å². The Morgan fingerprint density at radius 2 is 2.29 bits per heavy atom. The second kappa shape index (κ2) is 6.39. The van der Waals surface area contributed by atoms with Crippen LogP contribution in [0.2, 0.25) is 0 Å². The molecule has 24 heavy (non-hydrogen) atoms. The van der Waals surface area contributed by atoms with E-state index in [1.54, 1.807) is 17.2 Å². The maximum Gasteiger partial charge on any atom is 0.231 e. The third-order valence-corrected chi connectivity index (χ3v) is 4.77. The molecule has 1 atom stereocenters. The molecule has 1 aliphatic heterocycles. The highest BCUT2D eigenvalue weighted by Crippen LogP contribution is 2.27. The van der Waals surface area contributed by atoms with Gasteiger partial charge in [0.25, 0.3) is 0 Å². The summed E-state index contributed by atoms with van der Waals surface area (Å²) < 4.78 is 5.27. The largest absolute Gasteiger partial charge is 0.467 e. The van der Waals surface area contributed by atoms with Gasteiger partial charge in [-0.25, -0.2) is 4.98 Å². The van der Waals surface area contributed by atoms with E-state index < -0.39 is 0 Å². The van der Waals surface area contributed by atoms with Gasteiger partial charge in [-0.15, -0.1) is 11.3 Å². The predicted octanol–water partition coefficient (Wildman–Crippen LogP) is 3.02. The van der Waals surface area contributed by atoms with E-state index in [0.717, 1.165) is 11.5 Å². The van der Waals surface area contributed by atoms with Gasteiger partial charge in [0.1, 0.15) is 5.76 Å². The molecule has 1 aliphatic rings. The third kappa shape index (κ3) is 3.67. The van der Waals surface area contributed by atoms with Gasteiger partial charge in [-0.3, -0.25) is 9.59 Å². The summed E-state index contributed by atoms with van der Waals surface area (Å²) in [5, 5.41) is 5.38. The van der Waals surface area contributed by atoms with Crippen LogP contribution in [-0.4, -0.2) is 28.2 Å². The number of aromatic nitrogens is 1. The molecule has 0 aromatic carbocycles. The lowest BCUT2D eigenvalue weighted by molar-refractivity contribution is -0.128. The molecular formula is C17H21N3O3S. The Morgan fingerprint density at radius 1 is 1.50 bits per heavy atom. The van der Waals surface area contributed by atoms with Crippen LogP contribution in [0.5, 0.6) is 0 Å². The predicted molar refractivity (Wildman–Crippen MR) is 91.7 cm³/mol. The molecule has 0 radical (unpaired) electrons. The summed E-state index contributed by atoms with van der Waals surface area (Å²) in [5.41, 5.74) is 0.896. The summed E-state index contributed by atoms with van der Waals surface area (Å²) in [6.07, 6.45) is 1.80. The van der Waals surface area contributed by atoms with Crippen LogP contribution in [0.3, 0.4) is 0 Å². The standard InChI is InChI=1S/C17H21N3O3S/c1-17(2,3)13-10-24-16(18-13)19-15(22)11-7-14(21)20(8-11)9-12-5-4-6-23-12/h4-6,10-11H,7-9H2,1-3H3,(H,18,19,22). The van der Waals surface area contributed by atoms with Gasteiger partial charge in [0.15, 0.2) is 5.13 Å². The van der Waals surface area contributed by atoms with Crippen molar-refractivity contribution in [2.45, 2.75) is 39.2 Å². The fourth-order valence-electron chi connectivity index (χ4n) is 2.57. The van der Waals surface area contributed by atoms with Crippen LogP contribution < -0.4 is 5.32 Å². The zero-order chi connectivity index (χ0) is 17.3. The first-order chi connectivity index (χ1) is 11.3. The number of carbonyl (C=O) groups excluding carboxylic acids is 2. The number of hydrogen-bond acceptors (Lipinski definition) is 5. The number of thiazole rings is 1. The lowest BCUT2D eigenvalue weighted by Gasteiger charge is -2.15. The Kier molecular flexibility index (Phi) is 4.45. The zero-order valence-corrected chi connectivity index (χ0v) is 14.9. The van der Waals surface area contributed by atoms with Crippen molar-refractivity contribution in [1.29, 1.82) is 0 Å². The fourth-order valence-corrected chi connectivity index (χ4v) is 3.51. The van der Waals surface area contributed by atoms with E-state index in [1.165, 1.54) is 11.3 Å². The average Bonchev–Trinajstić information content (AvgIpc) is 3.21. The van der Waals surface area contributed by atoms with Gasteiger partial charge in [-0.2, -0.15) is 0 Å². The first-order valence-corrected chi connectivity index (χ1v) is 8.78. The van der Waals surface area contributed by atoms with Crippen molar-refractivity contribution in [1.82, 2.24) is 9.88 Å². The van der Waals surface area contributed by atoms with Crippen LogP contribution in [0.15, 0.2) is 28.2 Å². The molecule has 0 saturated carbocycles. The third-order valence-electron chi connectivity index (χ3n) is 4.01. The molecule has 2 amide bonds. The molecule has 0 bridgehead atoms. The smallest absolute Gasteiger partial charge is 0.231 e. The lowest BCUT2D eigenvalue weighted by atomic mass is 9.93. The van der Waals surface area contributed by atoms with Crippen LogP contribution in [0.25, 0.3) is 0 Å². The van der Waals surface area contributed by atoms with Crippen molar-refractivity contribution in [3.05, 3.63) is 35.2 Å². The van der Waals surface area contributed by atoms with Crippen molar-refractivity contribution in [3.8, 4) is 0 Å². The number of furan rings is 1. The number of carbonyl (C=O) groups is 2. The van der Waals surface area contributed by atoms with Gasteiger partial charge in [-0.1, -0.05) is 20.8 Å². The SMILES string of the molecule is CC(C)(C)c1csc(NC(=O)C2CC(=O)N(Cc3ccco3)C2)n1. The van der Waals surface area contributed by atoms with E-state index in [2.05, 4.69) is 31.1 Å². The summed E-state index contributed by atoms with van der Waals surface area (Å²) in [4.78, 5) is 30.6.